The summed E-state index contributed by atoms with van der Waals surface area (Å²) in [6, 6.07) is 6.66. The van der Waals surface area contributed by atoms with Gasteiger partial charge < -0.3 is 9.84 Å². The van der Waals surface area contributed by atoms with Crippen molar-refractivity contribution in [3.05, 3.63) is 64.9 Å². The molecular formula is C18H12F4N2O3. The molecule has 27 heavy (non-hydrogen) atoms. The van der Waals surface area contributed by atoms with Crippen LogP contribution in [0.1, 0.15) is 27.3 Å². The van der Waals surface area contributed by atoms with Crippen molar-refractivity contribution < 1.29 is 32.2 Å². The number of methoxy groups -OCH3 is 1. The number of ether oxygens (including phenoxy) is 1. The van der Waals surface area contributed by atoms with Crippen LogP contribution in [-0.2, 0) is 17.3 Å². The van der Waals surface area contributed by atoms with Crippen LogP contribution in [-0.4, -0.2) is 28.2 Å². The van der Waals surface area contributed by atoms with Gasteiger partial charge in [0, 0.05) is 11.6 Å². The lowest BCUT2D eigenvalue weighted by atomic mass is 10.0. The number of carbonyl (C=O) groups is 1. The number of nitrogens with zero attached hydrogens (tertiary/aromatic N) is 2. The lowest BCUT2D eigenvalue weighted by Gasteiger charge is -2.13. The van der Waals surface area contributed by atoms with E-state index in [9.17, 15) is 27.5 Å². The fraction of sp³-hybridized carbons (Fsp3) is 0.167. The smallest absolute Gasteiger partial charge is 0.434 e. The van der Waals surface area contributed by atoms with Gasteiger partial charge in [0.05, 0.1) is 7.11 Å². The minimum Gasteiger partial charge on any atom is -0.504 e. The van der Waals surface area contributed by atoms with Gasteiger partial charge in [0.2, 0.25) is 0 Å². The molecule has 3 rings (SSSR count). The molecule has 5 nitrogen and oxygen atoms in total. The second-order valence-electron chi connectivity index (χ2n) is 5.69. The van der Waals surface area contributed by atoms with Crippen LogP contribution >= 0.6 is 0 Å². The van der Waals surface area contributed by atoms with E-state index in [-0.39, 0.29) is 6.42 Å². The van der Waals surface area contributed by atoms with Gasteiger partial charge in [0.25, 0.3) is 0 Å². The summed E-state index contributed by atoms with van der Waals surface area (Å²) in [6.07, 6.45) is -3.42. The van der Waals surface area contributed by atoms with Crippen molar-refractivity contribution in [3.8, 4) is 5.75 Å². The number of carbonyl (C=O) groups excluding carboxylic acids is 1. The maximum atomic E-state index is 13.4. The number of esters is 1. The first-order valence-electron chi connectivity index (χ1n) is 7.62. The molecule has 0 saturated heterocycles. The van der Waals surface area contributed by atoms with Crippen molar-refractivity contribution in [2.75, 3.05) is 7.11 Å². The highest BCUT2D eigenvalue weighted by Crippen LogP contribution is 2.37. The Morgan fingerprint density at radius 3 is 2.44 bits per heavy atom. The van der Waals surface area contributed by atoms with Gasteiger partial charge in [0.15, 0.2) is 17.1 Å². The van der Waals surface area contributed by atoms with E-state index in [1.54, 1.807) is 0 Å². The zero-order valence-corrected chi connectivity index (χ0v) is 13.8. The van der Waals surface area contributed by atoms with Gasteiger partial charge in [-0.15, -0.1) is 0 Å². The van der Waals surface area contributed by atoms with Gasteiger partial charge in [-0.25, -0.2) is 14.2 Å². The van der Waals surface area contributed by atoms with Crippen LogP contribution in [0.25, 0.3) is 10.9 Å². The minimum absolute atomic E-state index is 0.194. The summed E-state index contributed by atoms with van der Waals surface area (Å²) in [6.45, 7) is 0. The maximum Gasteiger partial charge on any atom is 0.434 e. The summed E-state index contributed by atoms with van der Waals surface area (Å²) in [5.41, 5.74) is -1.58. The highest BCUT2D eigenvalue weighted by molar-refractivity contribution is 5.98. The molecule has 0 radical (unpaired) electrons. The molecule has 1 aromatic carbocycles. The zero-order valence-electron chi connectivity index (χ0n) is 13.8. The van der Waals surface area contributed by atoms with Crippen molar-refractivity contribution in [3.63, 3.8) is 0 Å². The lowest BCUT2D eigenvalue weighted by Crippen LogP contribution is -2.14. The summed E-state index contributed by atoms with van der Waals surface area (Å²) >= 11 is 0. The molecule has 9 heteroatoms. The largest absolute Gasteiger partial charge is 0.504 e. The number of pyridine rings is 2. The van der Waals surface area contributed by atoms with E-state index in [2.05, 4.69) is 14.7 Å². The molecule has 140 valence electrons. The van der Waals surface area contributed by atoms with Crippen LogP contribution in [0.15, 0.2) is 36.5 Å². The standard InChI is InChI=1S/C18H12F4N2O3/c1-27-17(26)14-15(25)13-12(16(24-14)18(20,21)22)7-10(8-23-13)6-9-2-4-11(19)5-3-9/h2-5,7-8,25H,6H2,1H3. The summed E-state index contributed by atoms with van der Waals surface area (Å²) in [7, 11) is 0.958. The number of alkyl halides is 3. The van der Waals surface area contributed by atoms with Gasteiger partial charge in [-0.3, -0.25) is 4.98 Å². The van der Waals surface area contributed by atoms with Crippen molar-refractivity contribution in [1.29, 1.82) is 0 Å². The van der Waals surface area contributed by atoms with Gasteiger partial charge >= 0.3 is 12.1 Å². The molecule has 0 aliphatic heterocycles. The van der Waals surface area contributed by atoms with E-state index in [1.165, 1.54) is 36.5 Å². The number of aromatic nitrogens is 2. The van der Waals surface area contributed by atoms with Crippen LogP contribution in [0.4, 0.5) is 17.6 Å². The third kappa shape index (κ3) is 3.67. The summed E-state index contributed by atoms with van der Waals surface area (Å²) < 4.78 is 57.6. The van der Waals surface area contributed by atoms with Gasteiger partial charge in [-0.05, 0) is 35.7 Å². The van der Waals surface area contributed by atoms with Crippen LogP contribution < -0.4 is 0 Å². The number of benzene rings is 1. The number of hydrogen-bond donors (Lipinski definition) is 1. The summed E-state index contributed by atoms with van der Waals surface area (Å²) in [4.78, 5) is 18.8. The molecule has 0 aliphatic carbocycles. The molecule has 0 amide bonds. The molecule has 1 N–H and O–H groups in total. The van der Waals surface area contributed by atoms with E-state index in [4.69, 9.17) is 0 Å². The molecule has 0 saturated carbocycles. The number of hydrogen-bond acceptors (Lipinski definition) is 5. The van der Waals surface area contributed by atoms with E-state index < -0.39 is 46.0 Å². The van der Waals surface area contributed by atoms with Crippen molar-refractivity contribution in [2.45, 2.75) is 12.6 Å². The minimum atomic E-state index is -4.88. The molecule has 2 heterocycles. The molecule has 0 atom stereocenters. The van der Waals surface area contributed by atoms with Crippen molar-refractivity contribution in [1.82, 2.24) is 9.97 Å². The first-order chi connectivity index (χ1) is 12.7. The van der Waals surface area contributed by atoms with E-state index in [1.807, 2.05) is 0 Å². The van der Waals surface area contributed by atoms with Crippen LogP contribution in [0, 0.1) is 5.82 Å². The molecule has 0 bridgehead atoms. The first-order valence-corrected chi connectivity index (χ1v) is 7.62. The Kier molecular flexibility index (Phi) is 4.69. The Morgan fingerprint density at radius 1 is 1.19 bits per heavy atom. The fourth-order valence-corrected chi connectivity index (χ4v) is 2.60. The molecule has 0 aliphatic rings. The second kappa shape index (κ2) is 6.82. The molecular weight excluding hydrogens is 368 g/mol. The maximum absolute atomic E-state index is 13.4. The lowest BCUT2D eigenvalue weighted by molar-refractivity contribution is -0.139. The number of aromatic hydroxyl groups is 1. The molecule has 0 unspecified atom stereocenters. The molecule has 0 fully saturated rings. The number of fused-ring (bicyclic) bond motifs is 1. The zero-order chi connectivity index (χ0) is 19.8. The average Bonchev–Trinajstić information content (AvgIpc) is 2.62. The second-order valence-corrected chi connectivity index (χ2v) is 5.69. The van der Waals surface area contributed by atoms with Gasteiger partial charge in [-0.2, -0.15) is 13.2 Å². The monoisotopic (exact) mass is 380 g/mol. The summed E-state index contributed by atoms with van der Waals surface area (Å²) in [5.74, 6) is -2.44. The van der Waals surface area contributed by atoms with E-state index in [0.717, 1.165) is 7.11 Å². The normalized spacial score (nSPS) is 11.6. The Hall–Kier alpha value is -3.23. The predicted molar refractivity (Wildman–Crippen MR) is 86.8 cm³/mol. The van der Waals surface area contributed by atoms with E-state index in [0.29, 0.717) is 11.1 Å². The van der Waals surface area contributed by atoms with Crippen molar-refractivity contribution in [2.24, 2.45) is 0 Å². The number of halogens is 4. The highest BCUT2D eigenvalue weighted by atomic mass is 19.4. The summed E-state index contributed by atoms with van der Waals surface area (Å²) in [5, 5.41) is 9.67. The first kappa shape index (κ1) is 18.6. The van der Waals surface area contributed by atoms with Crippen LogP contribution in [0.2, 0.25) is 0 Å². The Labute approximate surface area is 150 Å². The van der Waals surface area contributed by atoms with Crippen molar-refractivity contribution >= 4 is 16.9 Å². The Bertz CT molecular complexity index is 1020. The van der Waals surface area contributed by atoms with Crippen LogP contribution in [0.3, 0.4) is 0 Å². The highest BCUT2D eigenvalue weighted by Gasteiger charge is 2.37. The topological polar surface area (TPSA) is 72.3 Å². The number of rotatable bonds is 3. The molecule has 2 aromatic heterocycles. The third-order valence-corrected chi connectivity index (χ3v) is 3.84. The molecule has 0 spiro atoms. The Balaban J connectivity index is 2.17. The third-order valence-electron chi connectivity index (χ3n) is 3.84. The quantitative estimate of drug-likeness (QED) is 0.552. The average molecular weight is 380 g/mol. The predicted octanol–water partition coefficient (Wildman–Crippen LogP) is 3.87. The fourth-order valence-electron chi connectivity index (χ4n) is 2.60. The van der Waals surface area contributed by atoms with E-state index >= 15 is 0 Å². The van der Waals surface area contributed by atoms with Gasteiger partial charge in [0.1, 0.15) is 11.3 Å². The SMILES string of the molecule is COC(=O)c1nc(C(F)(F)F)c2cc(Cc3ccc(F)cc3)cnc2c1O. The van der Waals surface area contributed by atoms with Crippen LogP contribution in [0.5, 0.6) is 5.75 Å². The molecule has 3 aromatic rings. The van der Waals surface area contributed by atoms with Gasteiger partial charge in [-0.1, -0.05) is 12.1 Å². The Morgan fingerprint density at radius 2 is 1.85 bits per heavy atom.